The molecular formula is C35H28O. The summed E-state index contributed by atoms with van der Waals surface area (Å²) < 4.78 is 7.20. The van der Waals surface area contributed by atoms with Crippen LogP contribution in [0.1, 0.15) is 40.7 Å². The summed E-state index contributed by atoms with van der Waals surface area (Å²) in [6.07, 6.45) is 15.2. The first kappa shape index (κ1) is 22.1. The first-order valence-corrected chi connectivity index (χ1v) is 12.6. The Balaban J connectivity index is 1.70. The fraction of sp³-hybridized carbons (Fsp3) is 0.0857. The summed E-state index contributed by atoms with van der Waals surface area (Å²) >= 11 is 0. The van der Waals surface area contributed by atoms with Crippen LogP contribution in [0, 0.1) is 0 Å². The van der Waals surface area contributed by atoms with E-state index in [1.807, 2.05) is 30.3 Å². The summed E-state index contributed by atoms with van der Waals surface area (Å²) in [4.78, 5) is 0. The predicted molar refractivity (Wildman–Crippen MR) is 150 cm³/mol. The molecule has 36 heavy (non-hydrogen) atoms. The molecule has 0 aliphatic heterocycles. The van der Waals surface area contributed by atoms with Crippen LogP contribution in [0.4, 0.5) is 0 Å². The van der Waals surface area contributed by atoms with Crippen LogP contribution in [0.5, 0.6) is 5.75 Å². The summed E-state index contributed by atoms with van der Waals surface area (Å²) in [6.45, 7) is 0. The average molecular weight is 465 g/mol. The molecule has 0 saturated carbocycles. The highest BCUT2D eigenvalue weighted by Gasteiger charge is 2.42. The van der Waals surface area contributed by atoms with Gasteiger partial charge in [0.05, 0.1) is 0 Å². The van der Waals surface area contributed by atoms with Crippen molar-refractivity contribution in [3.63, 3.8) is 0 Å². The number of allylic oxidation sites excluding steroid dienone is 8. The lowest BCUT2D eigenvalue weighted by Crippen LogP contribution is -2.37. The van der Waals surface area contributed by atoms with Gasteiger partial charge in [-0.15, -0.1) is 0 Å². The Labute approximate surface area is 213 Å². The molecule has 0 heterocycles. The molecule has 0 unspecified atom stereocenters. The van der Waals surface area contributed by atoms with Gasteiger partial charge in [0, 0.05) is 16.7 Å². The van der Waals surface area contributed by atoms with Crippen LogP contribution in [-0.4, -0.2) is 0 Å². The summed E-state index contributed by atoms with van der Waals surface area (Å²) in [6, 6.07) is 38.2. The van der Waals surface area contributed by atoms with Gasteiger partial charge in [0.1, 0.15) is 5.75 Å². The highest BCUT2D eigenvalue weighted by atomic mass is 16.5. The Kier molecular flexibility index (Phi) is 5.97. The standard InChI is InChI=1S/C35H28O/c1-4-19-29(20-5-1)35(30-21-6-2-7-22-30,36-31-23-8-3-9-24-31)33-26-14-25-32(27-15-10-11-16-27)34(33)28-17-12-13-18-28/h1-15,17,19-26H,16,18H2. The zero-order valence-electron chi connectivity index (χ0n) is 20.2. The number of rotatable bonds is 7. The van der Waals surface area contributed by atoms with Gasteiger partial charge < -0.3 is 4.74 Å². The highest BCUT2D eigenvalue weighted by molar-refractivity contribution is 5.86. The molecule has 6 rings (SSSR count). The Hall–Kier alpha value is -4.36. The minimum absolute atomic E-state index is 0.835. The monoisotopic (exact) mass is 464 g/mol. The van der Waals surface area contributed by atoms with E-state index >= 15 is 0 Å². The van der Waals surface area contributed by atoms with E-state index in [2.05, 4.69) is 115 Å². The summed E-state index contributed by atoms with van der Waals surface area (Å²) in [5, 5.41) is 0. The third-order valence-corrected chi connectivity index (χ3v) is 7.03. The van der Waals surface area contributed by atoms with Gasteiger partial charge in [-0.3, -0.25) is 0 Å². The second-order valence-corrected chi connectivity index (χ2v) is 9.20. The van der Waals surface area contributed by atoms with E-state index in [4.69, 9.17) is 4.74 Å². The molecule has 0 aromatic heterocycles. The van der Waals surface area contributed by atoms with Crippen molar-refractivity contribution in [2.75, 3.05) is 0 Å². The van der Waals surface area contributed by atoms with Gasteiger partial charge in [0.2, 0.25) is 0 Å². The SMILES string of the molecule is C1=CCC(c2cccc(C(Oc3ccccc3)(c3ccccc3)c3ccccc3)c2C2=CC=CC2)=C1. The van der Waals surface area contributed by atoms with Crippen molar-refractivity contribution >= 4 is 11.1 Å². The normalized spacial score (nSPS) is 14.6. The number of ether oxygens (including phenoxy) is 1. The van der Waals surface area contributed by atoms with Gasteiger partial charge in [-0.25, -0.2) is 0 Å². The molecule has 0 saturated heterocycles. The van der Waals surface area contributed by atoms with Crippen LogP contribution in [-0.2, 0) is 5.60 Å². The van der Waals surface area contributed by atoms with Gasteiger partial charge in [0.15, 0.2) is 5.60 Å². The van der Waals surface area contributed by atoms with Crippen LogP contribution in [0.15, 0.2) is 146 Å². The number of para-hydroxylation sites is 1. The van der Waals surface area contributed by atoms with Crippen molar-refractivity contribution in [1.82, 2.24) is 0 Å². The number of hydrogen-bond donors (Lipinski definition) is 0. The zero-order valence-corrected chi connectivity index (χ0v) is 20.2. The van der Waals surface area contributed by atoms with Crippen LogP contribution >= 0.6 is 0 Å². The van der Waals surface area contributed by atoms with Crippen LogP contribution in [0.3, 0.4) is 0 Å². The topological polar surface area (TPSA) is 9.23 Å². The molecule has 0 radical (unpaired) electrons. The molecule has 4 aromatic rings. The molecule has 4 aromatic carbocycles. The zero-order chi connectivity index (χ0) is 24.2. The fourth-order valence-electron chi connectivity index (χ4n) is 5.40. The number of benzene rings is 4. The third-order valence-electron chi connectivity index (χ3n) is 7.03. The van der Waals surface area contributed by atoms with Crippen molar-refractivity contribution in [3.05, 3.63) is 173 Å². The van der Waals surface area contributed by atoms with Gasteiger partial charge in [-0.1, -0.05) is 134 Å². The lowest BCUT2D eigenvalue weighted by atomic mass is 9.74. The quantitative estimate of drug-likeness (QED) is 0.248. The summed E-state index contributed by atoms with van der Waals surface area (Å²) in [7, 11) is 0. The predicted octanol–water partition coefficient (Wildman–Crippen LogP) is 8.74. The van der Waals surface area contributed by atoms with E-state index in [0.29, 0.717) is 0 Å². The molecular weight excluding hydrogens is 436 g/mol. The molecule has 2 aliphatic rings. The lowest BCUT2D eigenvalue weighted by Gasteiger charge is -2.38. The lowest BCUT2D eigenvalue weighted by molar-refractivity contribution is 0.155. The maximum absolute atomic E-state index is 7.20. The van der Waals surface area contributed by atoms with E-state index in [1.165, 1.54) is 22.3 Å². The van der Waals surface area contributed by atoms with Crippen LogP contribution in [0.2, 0.25) is 0 Å². The molecule has 0 fully saturated rings. The first-order valence-electron chi connectivity index (χ1n) is 12.6. The molecule has 1 nitrogen and oxygen atoms in total. The third kappa shape index (κ3) is 3.93. The van der Waals surface area contributed by atoms with E-state index in [1.54, 1.807) is 0 Å². The molecule has 0 spiro atoms. The molecule has 0 amide bonds. The second-order valence-electron chi connectivity index (χ2n) is 9.20. The molecule has 2 aliphatic carbocycles. The van der Waals surface area contributed by atoms with Crippen molar-refractivity contribution < 1.29 is 4.74 Å². The maximum atomic E-state index is 7.20. The smallest absolute Gasteiger partial charge is 0.185 e. The summed E-state index contributed by atoms with van der Waals surface area (Å²) in [5.74, 6) is 0.835. The highest BCUT2D eigenvalue weighted by Crippen LogP contribution is 2.47. The van der Waals surface area contributed by atoms with E-state index in [0.717, 1.165) is 35.3 Å². The second kappa shape index (κ2) is 9.71. The van der Waals surface area contributed by atoms with Crippen molar-refractivity contribution in [2.24, 2.45) is 0 Å². The van der Waals surface area contributed by atoms with Crippen LogP contribution in [0.25, 0.3) is 11.1 Å². The maximum Gasteiger partial charge on any atom is 0.185 e. The van der Waals surface area contributed by atoms with Gasteiger partial charge in [-0.2, -0.15) is 0 Å². The number of hydrogen-bond acceptors (Lipinski definition) is 1. The molecule has 0 N–H and O–H groups in total. The Morgan fingerprint density at radius 3 is 1.64 bits per heavy atom. The fourth-order valence-corrected chi connectivity index (χ4v) is 5.40. The molecule has 0 bridgehead atoms. The molecule has 1 heteroatoms. The summed E-state index contributed by atoms with van der Waals surface area (Å²) in [5.41, 5.74) is 7.72. The van der Waals surface area contributed by atoms with Crippen molar-refractivity contribution in [1.29, 1.82) is 0 Å². The molecule has 174 valence electrons. The minimum atomic E-state index is -0.842. The van der Waals surface area contributed by atoms with Crippen LogP contribution < -0.4 is 4.74 Å². The van der Waals surface area contributed by atoms with Crippen molar-refractivity contribution in [2.45, 2.75) is 18.4 Å². The Bertz CT molecular complexity index is 1430. The first-order chi connectivity index (χ1) is 17.9. The van der Waals surface area contributed by atoms with E-state index in [-0.39, 0.29) is 0 Å². The minimum Gasteiger partial charge on any atom is -0.473 e. The van der Waals surface area contributed by atoms with Gasteiger partial charge in [0.25, 0.3) is 0 Å². The van der Waals surface area contributed by atoms with Gasteiger partial charge >= 0.3 is 0 Å². The molecule has 0 atom stereocenters. The van der Waals surface area contributed by atoms with E-state index in [9.17, 15) is 0 Å². The Morgan fingerprint density at radius 2 is 1.08 bits per heavy atom. The Morgan fingerprint density at radius 1 is 0.528 bits per heavy atom. The van der Waals surface area contributed by atoms with Gasteiger partial charge in [-0.05, 0) is 47.2 Å². The van der Waals surface area contributed by atoms with E-state index < -0.39 is 5.60 Å². The van der Waals surface area contributed by atoms with Crippen molar-refractivity contribution in [3.8, 4) is 5.75 Å². The average Bonchev–Trinajstić information content (AvgIpc) is 3.68. The largest absolute Gasteiger partial charge is 0.473 e.